The van der Waals surface area contributed by atoms with Crippen molar-refractivity contribution in [3.63, 3.8) is 0 Å². The summed E-state index contributed by atoms with van der Waals surface area (Å²) in [7, 11) is -11.3. The second-order valence-corrected chi connectivity index (χ2v) is 1.69. The van der Waals surface area contributed by atoms with Gasteiger partial charge in [-0.3, -0.25) is 0 Å². The fourth-order valence-corrected chi connectivity index (χ4v) is 0. The van der Waals surface area contributed by atoms with Crippen molar-refractivity contribution in [1.29, 1.82) is 0 Å². The van der Waals surface area contributed by atoms with Crippen molar-refractivity contribution in [2.24, 2.45) is 0 Å². The van der Waals surface area contributed by atoms with Crippen molar-refractivity contribution in [2.45, 2.75) is 0 Å². The Labute approximate surface area is 190 Å². The van der Waals surface area contributed by atoms with E-state index in [9.17, 15) is 0 Å². The van der Waals surface area contributed by atoms with Gasteiger partial charge in [0.25, 0.3) is 0 Å². The molecule has 0 saturated heterocycles. The molecule has 15 nitrogen and oxygen atoms in total. The molecular weight excluding hydrogens is 356 g/mol. The molecule has 0 fully saturated rings. The summed E-state index contributed by atoms with van der Waals surface area (Å²) in [6, 6.07) is 0. The van der Waals surface area contributed by atoms with E-state index in [1.807, 2.05) is 0 Å². The molecule has 0 aromatic heterocycles. The molecule has 0 bridgehead atoms. The molecule has 0 radical (unpaired) electrons. The maximum atomic E-state index is 8.53. The Kier molecular flexibility index (Phi) is 77.7. The normalized spacial score (nSPS) is 6.14. The average Bonchev–Trinajstić information content (AvgIpc) is 1.94. The number of rotatable bonds is 0. The zero-order valence-corrected chi connectivity index (χ0v) is 16.6. The van der Waals surface area contributed by atoms with Crippen LogP contribution in [-0.4, -0.2) is 102 Å². The van der Waals surface area contributed by atoms with E-state index >= 15 is 0 Å². The van der Waals surface area contributed by atoms with Crippen LogP contribution in [0, 0.1) is 0 Å². The third-order valence-electron chi connectivity index (χ3n) is 0. The average molecular weight is 369 g/mol. The maximum absolute atomic E-state index is 8.53. The van der Waals surface area contributed by atoms with Crippen LogP contribution in [0.25, 0.3) is 0 Å². The first-order chi connectivity index (χ1) is 8.66. The summed E-state index contributed by atoms with van der Waals surface area (Å²) >= 11 is 0. The topological polar surface area (TPSA) is 309 Å². The first-order valence-corrected chi connectivity index (χ1v) is 3.83. The van der Waals surface area contributed by atoms with E-state index in [1.54, 1.807) is 0 Å². The van der Waals surface area contributed by atoms with Gasteiger partial charge in [-0.05, 0) is 0 Å². The van der Waals surface area contributed by atoms with Crippen molar-refractivity contribution in [3.05, 3.63) is 0 Å². The van der Waals surface area contributed by atoms with E-state index in [-0.39, 0.29) is 80.9 Å². The molecule has 22 heavy (non-hydrogen) atoms. The Morgan fingerprint density at radius 1 is 0.409 bits per heavy atom. The molecule has 0 amide bonds. The Morgan fingerprint density at radius 2 is 0.409 bits per heavy atom. The molecule has 0 spiro atoms. The van der Waals surface area contributed by atoms with E-state index in [2.05, 4.69) is 0 Å². The molecule has 0 heterocycles. The van der Waals surface area contributed by atoms with Gasteiger partial charge in [0.2, 0.25) is 0 Å². The van der Waals surface area contributed by atoms with E-state index in [1.165, 1.54) is 0 Å². The Hall–Kier alpha value is 2.36. The molecule has 0 saturated carbocycles. The standard InChI is InChI=1S/4BH3O3.BHO3.K.Na/c5*2-1(3)4;;/h4*2-4H;2H;;/q;;;;-2;2*+1. The zero-order chi connectivity index (χ0) is 17.9. The molecule has 0 aromatic rings. The molecule has 0 unspecified atom stereocenters. The fourth-order valence-electron chi connectivity index (χ4n) is 0. The van der Waals surface area contributed by atoms with Gasteiger partial charge < -0.3 is 75.4 Å². The van der Waals surface area contributed by atoms with Crippen LogP contribution in [-0.2, 0) is 0 Å². The maximum Gasteiger partial charge on any atom is 1.00 e. The summed E-state index contributed by atoms with van der Waals surface area (Å²) in [5, 5.41) is 110. The molecule has 22 heteroatoms. The van der Waals surface area contributed by atoms with E-state index in [4.69, 9.17) is 75.4 Å². The molecule has 0 rings (SSSR count). The van der Waals surface area contributed by atoms with Gasteiger partial charge >= 0.3 is 110 Å². The van der Waals surface area contributed by atoms with Crippen LogP contribution in [0.3, 0.4) is 0 Å². The Bertz CT molecular complexity index is 86.5. The van der Waals surface area contributed by atoms with Gasteiger partial charge in [0.15, 0.2) is 0 Å². The number of hydrogen-bond donors (Lipinski definition) is 13. The van der Waals surface area contributed by atoms with Crippen LogP contribution in [0.2, 0.25) is 0 Å². The van der Waals surface area contributed by atoms with Gasteiger partial charge in [-0.25, -0.2) is 0 Å². The summed E-state index contributed by atoms with van der Waals surface area (Å²) in [5.41, 5.74) is 0. The summed E-state index contributed by atoms with van der Waals surface area (Å²) in [6.45, 7) is 0. The first kappa shape index (κ1) is 44.1. The molecule has 13 N–H and O–H groups in total. The van der Waals surface area contributed by atoms with Crippen LogP contribution < -0.4 is 91.0 Å². The minimum absolute atomic E-state index is 0. The predicted molar refractivity (Wildman–Crippen MR) is 57.6 cm³/mol. The summed E-state index contributed by atoms with van der Waals surface area (Å²) in [4.78, 5) is 0. The predicted octanol–water partition coefficient (Wildman–Crippen LogP) is -17.5. The summed E-state index contributed by atoms with van der Waals surface area (Å²) in [6.07, 6.45) is 0. The molecule has 120 valence electrons. The van der Waals surface area contributed by atoms with Crippen LogP contribution in [0.5, 0.6) is 0 Å². The van der Waals surface area contributed by atoms with Gasteiger partial charge in [-0.15, -0.1) is 0 Å². The Balaban J connectivity index is -0.0000000250. The van der Waals surface area contributed by atoms with Crippen molar-refractivity contribution in [3.8, 4) is 0 Å². The van der Waals surface area contributed by atoms with E-state index in [0.717, 1.165) is 0 Å². The van der Waals surface area contributed by atoms with Crippen molar-refractivity contribution < 1.29 is 156 Å². The number of hydrogen-bond acceptors (Lipinski definition) is 15. The Morgan fingerprint density at radius 3 is 0.409 bits per heavy atom. The molecule has 0 aliphatic rings. The van der Waals surface area contributed by atoms with Crippen molar-refractivity contribution >= 4 is 36.6 Å². The van der Waals surface area contributed by atoms with Crippen molar-refractivity contribution in [1.82, 2.24) is 0 Å². The first-order valence-electron chi connectivity index (χ1n) is 3.83. The zero-order valence-electron chi connectivity index (χ0n) is 11.5. The molecule has 0 atom stereocenters. The van der Waals surface area contributed by atoms with Crippen LogP contribution in [0.15, 0.2) is 0 Å². The van der Waals surface area contributed by atoms with Gasteiger partial charge in [0.05, 0.1) is 7.32 Å². The molecular formula is H13B5KNaO15. The minimum atomic E-state index is -2.67. The monoisotopic (exact) mass is 370 g/mol. The van der Waals surface area contributed by atoms with Gasteiger partial charge in [0, 0.05) is 0 Å². The SMILES string of the molecule is OB(O)O.OB(O)O.OB(O)O.OB(O)O.[K+].[Na+].[O-]B([O-])O. The quantitative estimate of drug-likeness (QED) is 0.176. The van der Waals surface area contributed by atoms with Crippen LogP contribution >= 0.6 is 0 Å². The van der Waals surface area contributed by atoms with Crippen LogP contribution in [0.4, 0.5) is 0 Å². The van der Waals surface area contributed by atoms with Gasteiger partial charge in [-0.2, -0.15) is 0 Å². The van der Waals surface area contributed by atoms with Gasteiger partial charge in [0.1, 0.15) is 0 Å². The minimum Gasteiger partial charge on any atom is -0.871 e. The van der Waals surface area contributed by atoms with Crippen LogP contribution in [0.1, 0.15) is 0 Å². The van der Waals surface area contributed by atoms with E-state index < -0.39 is 36.6 Å². The third-order valence-corrected chi connectivity index (χ3v) is 0. The van der Waals surface area contributed by atoms with Gasteiger partial charge in [-0.1, -0.05) is 0 Å². The van der Waals surface area contributed by atoms with Crippen molar-refractivity contribution in [2.75, 3.05) is 0 Å². The largest absolute Gasteiger partial charge is 1.00 e. The second-order valence-electron chi connectivity index (χ2n) is 1.69. The smallest absolute Gasteiger partial charge is 0.871 e. The summed E-state index contributed by atoms with van der Waals surface area (Å²) < 4.78 is 0. The molecule has 0 aliphatic carbocycles. The third kappa shape index (κ3) is 1830. The fraction of sp³-hybridized carbons (Fsp3) is 0. The molecule has 0 aliphatic heterocycles. The van der Waals surface area contributed by atoms with E-state index in [0.29, 0.717) is 0 Å². The molecule has 0 aromatic carbocycles. The summed E-state index contributed by atoms with van der Waals surface area (Å²) in [5.74, 6) is 0. The second kappa shape index (κ2) is 38.8.